The number of nitrogens with zero attached hydrogens (tertiary/aromatic N) is 1. The molecule has 5 nitrogen and oxygen atoms in total. The van der Waals surface area contributed by atoms with E-state index in [0.717, 1.165) is 12.0 Å². The number of halogens is 1. The Hall–Kier alpha value is -2.92. The van der Waals surface area contributed by atoms with E-state index < -0.39 is 6.10 Å². The third-order valence-corrected chi connectivity index (χ3v) is 6.88. The molecule has 6 heteroatoms. The Labute approximate surface area is 185 Å². The lowest BCUT2D eigenvalue weighted by Crippen LogP contribution is -2.34. The molecule has 0 aromatic heterocycles. The van der Waals surface area contributed by atoms with Crippen LogP contribution in [0, 0.1) is 30.6 Å². The highest BCUT2D eigenvalue weighted by molar-refractivity contribution is 6.31. The number of Topliss-reactive ketones (excluding diaryl/α,β-unsaturated/α-hetero) is 1. The van der Waals surface area contributed by atoms with Crippen LogP contribution in [0.15, 0.2) is 54.6 Å². The third kappa shape index (κ3) is 3.19. The SMILES string of the molecule is Cc1ccc(C(=O)[C@@H](C)Oc2ccc(Cl)cc2N2C(=O)[C@@H]3[C@@H](C2=O)[C@H]2C=C[C@@H]3C2)cc1. The molecular weight excluding hydrogens is 414 g/mol. The summed E-state index contributed by atoms with van der Waals surface area (Å²) in [5, 5.41) is 0.388. The van der Waals surface area contributed by atoms with E-state index in [1.54, 1.807) is 37.3 Å². The van der Waals surface area contributed by atoms with Gasteiger partial charge < -0.3 is 4.74 Å². The topological polar surface area (TPSA) is 63.7 Å². The number of amides is 2. The quantitative estimate of drug-likeness (QED) is 0.391. The lowest BCUT2D eigenvalue weighted by Gasteiger charge is -2.23. The lowest BCUT2D eigenvalue weighted by atomic mass is 9.85. The molecule has 1 aliphatic heterocycles. The van der Waals surface area contributed by atoms with Gasteiger partial charge >= 0.3 is 0 Å². The van der Waals surface area contributed by atoms with Gasteiger partial charge in [0.2, 0.25) is 17.6 Å². The van der Waals surface area contributed by atoms with Crippen LogP contribution in [0.4, 0.5) is 5.69 Å². The van der Waals surface area contributed by atoms with E-state index in [1.807, 2.05) is 19.1 Å². The van der Waals surface area contributed by atoms with E-state index in [-0.39, 0.29) is 41.3 Å². The highest BCUT2D eigenvalue weighted by atomic mass is 35.5. The summed E-state index contributed by atoms with van der Waals surface area (Å²) in [6, 6.07) is 12.1. The summed E-state index contributed by atoms with van der Waals surface area (Å²) in [4.78, 5) is 40.5. The Morgan fingerprint density at radius 2 is 1.65 bits per heavy atom. The number of fused-ring (bicyclic) bond motifs is 5. The van der Waals surface area contributed by atoms with Crippen molar-refractivity contribution in [3.8, 4) is 5.75 Å². The minimum absolute atomic E-state index is 0.113. The van der Waals surface area contributed by atoms with E-state index in [9.17, 15) is 14.4 Å². The molecule has 2 amide bonds. The molecule has 2 aromatic carbocycles. The van der Waals surface area contributed by atoms with Crippen molar-refractivity contribution in [2.24, 2.45) is 23.7 Å². The first kappa shape index (κ1) is 20.0. The smallest absolute Gasteiger partial charge is 0.238 e. The number of imide groups is 1. The van der Waals surface area contributed by atoms with Gasteiger partial charge in [-0.05, 0) is 50.3 Å². The minimum Gasteiger partial charge on any atom is -0.480 e. The molecule has 158 valence electrons. The average molecular weight is 436 g/mol. The Balaban J connectivity index is 1.44. The first-order valence-corrected chi connectivity index (χ1v) is 10.9. The van der Waals surface area contributed by atoms with E-state index in [0.29, 0.717) is 22.0 Å². The van der Waals surface area contributed by atoms with Gasteiger partial charge in [0, 0.05) is 10.6 Å². The van der Waals surface area contributed by atoms with Gasteiger partial charge in [-0.15, -0.1) is 0 Å². The fraction of sp³-hybridized carbons (Fsp3) is 0.320. The van der Waals surface area contributed by atoms with Crippen molar-refractivity contribution < 1.29 is 19.1 Å². The van der Waals surface area contributed by atoms with Gasteiger partial charge in [-0.3, -0.25) is 14.4 Å². The minimum atomic E-state index is -0.798. The molecule has 1 saturated heterocycles. The zero-order chi connectivity index (χ0) is 21.9. The van der Waals surface area contributed by atoms with Crippen LogP contribution in [0.3, 0.4) is 0 Å². The number of aryl methyl sites for hydroxylation is 1. The molecule has 0 N–H and O–H groups in total. The van der Waals surface area contributed by atoms with Crippen LogP contribution in [-0.4, -0.2) is 23.7 Å². The van der Waals surface area contributed by atoms with E-state index in [1.165, 1.54) is 4.90 Å². The van der Waals surface area contributed by atoms with Gasteiger partial charge in [0.15, 0.2) is 6.10 Å². The molecule has 31 heavy (non-hydrogen) atoms. The molecule has 0 radical (unpaired) electrons. The summed E-state index contributed by atoms with van der Waals surface area (Å²) >= 11 is 6.21. The number of hydrogen-bond acceptors (Lipinski definition) is 4. The van der Waals surface area contributed by atoms with Gasteiger partial charge in [-0.25, -0.2) is 4.90 Å². The Morgan fingerprint density at radius 3 is 2.26 bits per heavy atom. The van der Waals surface area contributed by atoms with Gasteiger partial charge in [0.05, 0.1) is 17.5 Å². The Kier molecular flexibility index (Phi) is 4.74. The van der Waals surface area contributed by atoms with Crippen LogP contribution in [-0.2, 0) is 9.59 Å². The molecule has 2 fully saturated rings. The molecule has 1 heterocycles. The highest BCUT2D eigenvalue weighted by Crippen LogP contribution is 2.54. The number of benzene rings is 2. The van der Waals surface area contributed by atoms with Crippen molar-refractivity contribution in [3.05, 3.63) is 70.8 Å². The highest BCUT2D eigenvalue weighted by Gasteiger charge is 2.60. The standard InChI is InChI=1S/C25H22ClNO4/c1-13-3-5-15(6-4-13)23(28)14(2)31-20-10-9-18(26)12-19(20)27-24(29)21-16-7-8-17(11-16)22(21)25(27)30/h3-10,12,14,16-17,21-22H,11H2,1-2H3/t14-,16-,17+,21+,22+/m1/s1. The summed E-state index contributed by atoms with van der Waals surface area (Å²) in [6.07, 6.45) is 4.17. The van der Waals surface area contributed by atoms with Crippen LogP contribution in [0.25, 0.3) is 0 Å². The van der Waals surface area contributed by atoms with Gasteiger partial charge in [0.25, 0.3) is 0 Å². The number of rotatable bonds is 5. The van der Waals surface area contributed by atoms with Crippen molar-refractivity contribution in [3.63, 3.8) is 0 Å². The largest absolute Gasteiger partial charge is 0.480 e. The second-order valence-electron chi connectivity index (χ2n) is 8.61. The monoisotopic (exact) mass is 435 g/mol. The summed E-state index contributed by atoms with van der Waals surface area (Å²) in [5.74, 6) is -0.725. The van der Waals surface area contributed by atoms with Gasteiger partial charge in [0.1, 0.15) is 5.75 Å². The van der Waals surface area contributed by atoms with E-state index >= 15 is 0 Å². The molecule has 5 rings (SSSR count). The predicted molar refractivity (Wildman–Crippen MR) is 117 cm³/mol. The molecule has 2 aliphatic carbocycles. The number of ether oxygens (including phenoxy) is 1. The third-order valence-electron chi connectivity index (χ3n) is 6.64. The zero-order valence-electron chi connectivity index (χ0n) is 17.2. The van der Waals surface area contributed by atoms with Crippen LogP contribution < -0.4 is 9.64 Å². The maximum Gasteiger partial charge on any atom is 0.238 e. The maximum absolute atomic E-state index is 13.2. The van der Waals surface area contributed by atoms with Gasteiger partial charge in [-0.2, -0.15) is 0 Å². The van der Waals surface area contributed by atoms with Crippen molar-refractivity contribution in [2.75, 3.05) is 4.90 Å². The second kappa shape index (κ2) is 7.34. The molecule has 0 unspecified atom stereocenters. The van der Waals surface area contributed by atoms with Crippen LogP contribution >= 0.6 is 11.6 Å². The number of carbonyl (C=O) groups is 3. The first-order chi connectivity index (χ1) is 14.8. The number of ketones is 1. The molecule has 2 aromatic rings. The second-order valence-corrected chi connectivity index (χ2v) is 9.05. The number of anilines is 1. The normalized spacial score (nSPS) is 27.0. The van der Waals surface area contributed by atoms with E-state index in [2.05, 4.69) is 12.2 Å². The summed E-state index contributed by atoms with van der Waals surface area (Å²) in [5.41, 5.74) is 1.91. The van der Waals surface area contributed by atoms with Crippen molar-refractivity contribution >= 4 is 34.9 Å². The van der Waals surface area contributed by atoms with Gasteiger partial charge in [-0.1, -0.05) is 53.6 Å². The maximum atomic E-state index is 13.2. The molecule has 5 atom stereocenters. The summed E-state index contributed by atoms with van der Waals surface area (Å²) in [7, 11) is 0. The zero-order valence-corrected chi connectivity index (χ0v) is 18.0. The number of hydrogen-bond donors (Lipinski definition) is 0. The molecule has 3 aliphatic rings. The van der Waals surface area contributed by atoms with E-state index in [4.69, 9.17) is 16.3 Å². The average Bonchev–Trinajstić information content (AvgIpc) is 3.43. The Morgan fingerprint density at radius 1 is 1.03 bits per heavy atom. The summed E-state index contributed by atoms with van der Waals surface area (Å²) < 4.78 is 5.98. The van der Waals surface area contributed by atoms with Crippen molar-refractivity contribution in [1.29, 1.82) is 0 Å². The number of allylic oxidation sites excluding steroid dienone is 2. The number of carbonyl (C=O) groups excluding carboxylic acids is 3. The van der Waals surface area contributed by atoms with Crippen molar-refractivity contribution in [1.82, 2.24) is 0 Å². The molecule has 2 bridgehead atoms. The lowest BCUT2D eigenvalue weighted by molar-refractivity contribution is -0.123. The summed E-state index contributed by atoms with van der Waals surface area (Å²) in [6.45, 7) is 3.61. The molecule has 1 saturated carbocycles. The fourth-order valence-electron chi connectivity index (χ4n) is 5.10. The van der Waals surface area contributed by atoms with Crippen LogP contribution in [0.5, 0.6) is 5.75 Å². The molecular formula is C25H22ClNO4. The van der Waals surface area contributed by atoms with Crippen molar-refractivity contribution in [2.45, 2.75) is 26.4 Å². The Bertz CT molecular complexity index is 1090. The predicted octanol–water partition coefficient (Wildman–Crippen LogP) is 4.61. The van der Waals surface area contributed by atoms with Crippen LogP contribution in [0.2, 0.25) is 5.02 Å². The van der Waals surface area contributed by atoms with Crippen LogP contribution in [0.1, 0.15) is 29.3 Å². The fourth-order valence-corrected chi connectivity index (χ4v) is 5.27. The first-order valence-electron chi connectivity index (χ1n) is 10.5. The molecule has 0 spiro atoms.